The van der Waals surface area contributed by atoms with E-state index < -0.39 is 12.1 Å². The third-order valence-electron chi connectivity index (χ3n) is 3.04. The van der Waals surface area contributed by atoms with E-state index in [9.17, 15) is 18.0 Å². The molecular weight excluding hydrogens is 329 g/mol. The number of carbonyl (C=O) groups excluding carboxylic acids is 1. The molecule has 0 saturated carbocycles. The van der Waals surface area contributed by atoms with Gasteiger partial charge in [-0.2, -0.15) is 13.2 Å². The third-order valence-corrected chi connectivity index (χ3v) is 3.04. The van der Waals surface area contributed by atoms with Gasteiger partial charge in [-0.3, -0.25) is 4.79 Å². The molecule has 6 nitrogen and oxygen atoms in total. The third kappa shape index (κ3) is 18.7. The number of hydrogen-bond donors (Lipinski definition) is 3. The fourth-order valence-corrected chi connectivity index (χ4v) is 1.62. The first-order chi connectivity index (χ1) is 11.1. The predicted molar refractivity (Wildman–Crippen MR) is 84.3 cm³/mol. The second-order valence-corrected chi connectivity index (χ2v) is 5.23. The number of carboxylic acids is 1. The Morgan fingerprint density at radius 3 is 2.21 bits per heavy atom. The molecule has 0 heterocycles. The summed E-state index contributed by atoms with van der Waals surface area (Å²) < 4.78 is 36.7. The maximum absolute atomic E-state index is 11.4. The number of amides is 1. The number of carbonyl (C=O) groups is 2. The van der Waals surface area contributed by atoms with Crippen LogP contribution in [-0.2, 0) is 14.3 Å². The molecule has 0 aliphatic carbocycles. The van der Waals surface area contributed by atoms with Crippen molar-refractivity contribution in [1.29, 1.82) is 0 Å². The summed E-state index contributed by atoms with van der Waals surface area (Å²) in [5, 5.41) is 10.1. The van der Waals surface area contributed by atoms with Crippen molar-refractivity contribution in [3.8, 4) is 0 Å². The molecule has 0 fully saturated rings. The normalized spacial score (nSPS) is 12.1. The van der Waals surface area contributed by atoms with Gasteiger partial charge >= 0.3 is 12.1 Å². The summed E-state index contributed by atoms with van der Waals surface area (Å²) in [6.07, 6.45) is 2.83. The number of nitrogens with two attached hydrogens (primary N) is 1. The molecular formula is C15H29F3N2O4. The van der Waals surface area contributed by atoms with Gasteiger partial charge in [0, 0.05) is 20.1 Å². The van der Waals surface area contributed by atoms with E-state index in [2.05, 4.69) is 12.2 Å². The Labute approximate surface area is 140 Å². The quantitative estimate of drug-likeness (QED) is 0.389. The van der Waals surface area contributed by atoms with Gasteiger partial charge in [-0.25, -0.2) is 4.79 Å². The summed E-state index contributed by atoms with van der Waals surface area (Å²) in [5.41, 5.74) is 5.60. The highest BCUT2D eigenvalue weighted by atomic mass is 19.4. The van der Waals surface area contributed by atoms with Crippen molar-refractivity contribution >= 4 is 11.9 Å². The van der Waals surface area contributed by atoms with Gasteiger partial charge in [0.15, 0.2) is 0 Å². The highest BCUT2D eigenvalue weighted by molar-refractivity contribution is 5.75. The number of hydrogen-bond acceptors (Lipinski definition) is 4. The molecule has 0 saturated heterocycles. The molecule has 24 heavy (non-hydrogen) atoms. The predicted octanol–water partition coefficient (Wildman–Crippen LogP) is 2.81. The number of aliphatic carboxylic acids is 1. The first-order valence-electron chi connectivity index (χ1n) is 8.00. The van der Waals surface area contributed by atoms with Gasteiger partial charge in [0.1, 0.15) is 6.23 Å². The molecule has 0 rings (SSSR count). The van der Waals surface area contributed by atoms with Crippen molar-refractivity contribution in [2.45, 2.75) is 70.7 Å². The van der Waals surface area contributed by atoms with E-state index in [0.29, 0.717) is 6.42 Å². The van der Waals surface area contributed by atoms with Crippen LogP contribution < -0.4 is 11.1 Å². The van der Waals surface area contributed by atoms with Gasteiger partial charge in [0.05, 0.1) is 0 Å². The monoisotopic (exact) mass is 358 g/mol. The molecule has 1 unspecified atom stereocenters. The van der Waals surface area contributed by atoms with Crippen LogP contribution in [0.3, 0.4) is 0 Å². The van der Waals surface area contributed by atoms with Crippen molar-refractivity contribution in [2.75, 3.05) is 13.7 Å². The molecule has 9 heteroatoms. The highest BCUT2D eigenvalue weighted by Crippen LogP contribution is 2.13. The highest BCUT2D eigenvalue weighted by Gasteiger charge is 2.38. The molecule has 0 spiro atoms. The summed E-state index contributed by atoms with van der Waals surface area (Å²) in [5.74, 6) is -2.58. The van der Waals surface area contributed by atoms with Gasteiger partial charge in [0.2, 0.25) is 5.91 Å². The Kier molecular flexibility index (Phi) is 15.8. The Bertz CT molecular complexity index is 339. The van der Waals surface area contributed by atoms with Crippen LogP contribution in [0.1, 0.15) is 58.3 Å². The van der Waals surface area contributed by atoms with Crippen LogP contribution in [0.15, 0.2) is 0 Å². The zero-order valence-corrected chi connectivity index (χ0v) is 14.3. The summed E-state index contributed by atoms with van der Waals surface area (Å²) in [6, 6.07) is 0. The van der Waals surface area contributed by atoms with Crippen LogP contribution in [0.4, 0.5) is 13.2 Å². The summed E-state index contributed by atoms with van der Waals surface area (Å²) in [7, 11) is 1.61. The summed E-state index contributed by atoms with van der Waals surface area (Å²) in [6.45, 7) is 2.92. The molecule has 0 aromatic carbocycles. The number of halogens is 3. The van der Waals surface area contributed by atoms with E-state index in [4.69, 9.17) is 20.4 Å². The topological polar surface area (TPSA) is 102 Å². The van der Waals surface area contributed by atoms with Crippen LogP contribution in [0.2, 0.25) is 0 Å². The number of rotatable bonds is 11. The van der Waals surface area contributed by atoms with Gasteiger partial charge in [0.25, 0.3) is 0 Å². The number of methoxy groups -OCH3 is 1. The molecule has 144 valence electrons. The van der Waals surface area contributed by atoms with Gasteiger partial charge in [-0.05, 0) is 25.7 Å². The van der Waals surface area contributed by atoms with Crippen molar-refractivity contribution < 1.29 is 32.6 Å². The molecule has 0 radical (unpaired) electrons. The molecule has 1 atom stereocenters. The second kappa shape index (κ2) is 15.2. The van der Waals surface area contributed by atoms with Crippen molar-refractivity contribution in [2.24, 2.45) is 5.73 Å². The van der Waals surface area contributed by atoms with Crippen LogP contribution >= 0.6 is 0 Å². The minimum Gasteiger partial charge on any atom is -0.475 e. The standard InChI is InChI=1S/C13H28N2O2.C2HF3O2/c1-3-4-5-6-10-13(16)15-11-8-7-9-12(14)17-2;3-2(4,5)1(6)7/h12H,3-11,14H2,1-2H3,(H,15,16);(H,6,7). The van der Waals surface area contributed by atoms with Gasteiger partial charge < -0.3 is 20.9 Å². The van der Waals surface area contributed by atoms with Crippen molar-refractivity contribution in [1.82, 2.24) is 5.32 Å². The number of nitrogens with one attached hydrogen (secondary N) is 1. The first-order valence-corrected chi connectivity index (χ1v) is 8.00. The van der Waals surface area contributed by atoms with Crippen molar-refractivity contribution in [3.63, 3.8) is 0 Å². The second-order valence-electron chi connectivity index (χ2n) is 5.23. The van der Waals surface area contributed by atoms with E-state index in [1.807, 2.05) is 0 Å². The minimum atomic E-state index is -5.08. The van der Waals surface area contributed by atoms with Crippen LogP contribution in [0.5, 0.6) is 0 Å². The van der Waals surface area contributed by atoms with E-state index in [1.165, 1.54) is 12.8 Å². The van der Waals surface area contributed by atoms with Crippen LogP contribution in [0.25, 0.3) is 0 Å². The number of ether oxygens (including phenoxy) is 1. The number of unbranched alkanes of at least 4 members (excludes halogenated alkanes) is 4. The average molecular weight is 358 g/mol. The van der Waals surface area contributed by atoms with Crippen molar-refractivity contribution in [3.05, 3.63) is 0 Å². The maximum atomic E-state index is 11.4. The van der Waals surface area contributed by atoms with Gasteiger partial charge in [-0.15, -0.1) is 0 Å². The van der Waals surface area contributed by atoms with E-state index in [1.54, 1.807) is 7.11 Å². The fourth-order valence-electron chi connectivity index (χ4n) is 1.62. The molecule has 0 aromatic rings. The zero-order chi connectivity index (χ0) is 19.0. The Morgan fingerprint density at radius 1 is 1.17 bits per heavy atom. The lowest BCUT2D eigenvalue weighted by Gasteiger charge is -2.09. The molecule has 0 aliphatic heterocycles. The van der Waals surface area contributed by atoms with E-state index in [0.717, 1.165) is 38.6 Å². The molecule has 0 bridgehead atoms. The van der Waals surface area contributed by atoms with E-state index >= 15 is 0 Å². The minimum absolute atomic E-state index is 0.167. The van der Waals surface area contributed by atoms with E-state index in [-0.39, 0.29) is 12.1 Å². The van der Waals surface area contributed by atoms with Gasteiger partial charge in [-0.1, -0.05) is 26.2 Å². The molecule has 0 aromatic heterocycles. The lowest BCUT2D eigenvalue weighted by atomic mass is 10.1. The number of carboxylic acid groups (broad SMARTS) is 1. The number of alkyl halides is 3. The SMILES string of the molecule is CCCCCCC(=O)NCCCCC(N)OC.O=C(O)C(F)(F)F. The molecule has 0 aliphatic rings. The lowest BCUT2D eigenvalue weighted by Crippen LogP contribution is -2.25. The Balaban J connectivity index is 0. The summed E-state index contributed by atoms with van der Waals surface area (Å²) in [4.78, 5) is 20.3. The fraction of sp³-hybridized carbons (Fsp3) is 0.867. The molecule has 4 N–H and O–H groups in total. The summed E-state index contributed by atoms with van der Waals surface area (Å²) >= 11 is 0. The maximum Gasteiger partial charge on any atom is 0.490 e. The largest absolute Gasteiger partial charge is 0.490 e. The van der Waals surface area contributed by atoms with Crippen LogP contribution in [0, 0.1) is 0 Å². The first kappa shape index (κ1) is 24.9. The average Bonchev–Trinajstić information content (AvgIpc) is 2.50. The Hall–Kier alpha value is -1.35. The lowest BCUT2D eigenvalue weighted by molar-refractivity contribution is -0.192. The smallest absolute Gasteiger partial charge is 0.475 e. The van der Waals surface area contributed by atoms with Crippen LogP contribution in [-0.4, -0.2) is 43.0 Å². The zero-order valence-electron chi connectivity index (χ0n) is 14.3. The molecule has 1 amide bonds. The Morgan fingerprint density at radius 2 is 1.75 bits per heavy atom.